The normalized spacial score (nSPS) is 11.7. The van der Waals surface area contributed by atoms with Gasteiger partial charge in [-0.2, -0.15) is 5.10 Å². The van der Waals surface area contributed by atoms with Gasteiger partial charge in [0.25, 0.3) is 5.56 Å². The molecule has 0 saturated carbocycles. The molecule has 1 N–H and O–H groups in total. The van der Waals surface area contributed by atoms with Gasteiger partial charge in [0.05, 0.1) is 10.9 Å². The van der Waals surface area contributed by atoms with Gasteiger partial charge in [-0.15, -0.1) is 11.3 Å². The molecule has 0 fully saturated rings. The summed E-state index contributed by atoms with van der Waals surface area (Å²) in [6.07, 6.45) is 1.60. The van der Waals surface area contributed by atoms with Crippen molar-refractivity contribution in [2.24, 2.45) is 7.05 Å². The van der Waals surface area contributed by atoms with Gasteiger partial charge in [-0.25, -0.2) is 9.67 Å². The first-order valence-electron chi connectivity index (χ1n) is 4.75. The number of aliphatic hydroxyl groups is 1. The molecule has 0 aliphatic heterocycles. The Hall–Kier alpha value is -1.00. The van der Waals surface area contributed by atoms with Crippen molar-refractivity contribution < 1.29 is 5.11 Å². The van der Waals surface area contributed by atoms with Gasteiger partial charge in [-0.1, -0.05) is 0 Å². The Bertz CT molecular complexity index is 788. The minimum atomic E-state index is -0.418. The van der Waals surface area contributed by atoms with E-state index in [4.69, 9.17) is 5.11 Å². The molecular weight excluding hydrogens is 355 g/mol. The van der Waals surface area contributed by atoms with E-state index in [0.717, 1.165) is 23.4 Å². The molecule has 0 saturated heterocycles. The largest absolute Gasteiger partial charge is 0.374 e. The molecule has 88 valence electrons. The molecule has 0 aliphatic carbocycles. The van der Waals surface area contributed by atoms with Crippen LogP contribution in [0.5, 0.6) is 0 Å². The van der Waals surface area contributed by atoms with Crippen LogP contribution in [-0.2, 0) is 13.8 Å². The Balaban J connectivity index is 2.58. The van der Waals surface area contributed by atoms with Crippen LogP contribution >= 0.6 is 33.9 Å². The summed E-state index contributed by atoms with van der Waals surface area (Å²) in [5.41, 5.74) is 1.01. The average molecular weight is 362 g/mol. The number of halogens is 1. The quantitative estimate of drug-likeness (QED) is 0.653. The highest BCUT2D eigenvalue weighted by atomic mass is 127. The maximum atomic E-state index is 12.0. The van der Waals surface area contributed by atoms with Crippen molar-refractivity contribution in [3.8, 4) is 0 Å². The lowest BCUT2D eigenvalue weighted by molar-refractivity contribution is 0.189. The zero-order valence-corrected chi connectivity index (χ0v) is 11.7. The zero-order valence-electron chi connectivity index (χ0n) is 8.71. The molecular formula is C9H7IN4O2S. The number of nitrogens with zero attached hydrogens (tertiary/aromatic N) is 4. The van der Waals surface area contributed by atoms with E-state index >= 15 is 0 Å². The van der Waals surface area contributed by atoms with E-state index < -0.39 is 6.73 Å². The second kappa shape index (κ2) is 3.75. The molecule has 0 spiro atoms. The highest BCUT2D eigenvalue weighted by molar-refractivity contribution is 14.1. The number of thiazole rings is 1. The molecule has 0 bridgehead atoms. The molecule has 0 unspecified atom stereocenters. The smallest absolute Gasteiger partial charge is 0.293 e. The first-order chi connectivity index (χ1) is 8.13. The van der Waals surface area contributed by atoms with Crippen LogP contribution in [0.2, 0.25) is 0 Å². The van der Waals surface area contributed by atoms with Crippen LogP contribution in [-0.4, -0.2) is 24.4 Å². The summed E-state index contributed by atoms with van der Waals surface area (Å²) in [5, 5.41) is 13.7. The topological polar surface area (TPSA) is 72.9 Å². The lowest BCUT2D eigenvalue weighted by Crippen LogP contribution is -2.23. The van der Waals surface area contributed by atoms with Gasteiger partial charge in [-0.05, 0) is 22.6 Å². The van der Waals surface area contributed by atoms with Gasteiger partial charge in [0.15, 0.2) is 8.66 Å². The van der Waals surface area contributed by atoms with Crippen LogP contribution in [0.4, 0.5) is 0 Å². The number of fused-ring (bicyclic) bond motifs is 3. The minimum absolute atomic E-state index is 0.298. The van der Waals surface area contributed by atoms with Crippen molar-refractivity contribution in [1.82, 2.24) is 19.3 Å². The summed E-state index contributed by atoms with van der Waals surface area (Å²) in [6, 6.07) is 0. The predicted molar refractivity (Wildman–Crippen MR) is 73.1 cm³/mol. The number of hydrogen-bond acceptors (Lipinski definition) is 5. The Morgan fingerprint density at radius 2 is 2.35 bits per heavy atom. The van der Waals surface area contributed by atoms with Crippen molar-refractivity contribution in [2.45, 2.75) is 6.73 Å². The fourth-order valence-corrected chi connectivity index (χ4v) is 3.59. The molecule has 6 nitrogen and oxygen atoms in total. The Morgan fingerprint density at radius 3 is 3.06 bits per heavy atom. The average Bonchev–Trinajstić information content (AvgIpc) is 2.79. The van der Waals surface area contributed by atoms with E-state index in [1.54, 1.807) is 17.8 Å². The van der Waals surface area contributed by atoms with E-state index in [-0.39, 0.29) is 5.56 Å². The van der Waals surface area contributed by atoms with Crippen molar-refractivity contribution in [1.29, 1.82) is 0 Å². The monoisotopic (exact) mass is 362 g/mol. The standard InChI is InChI=1S/C9H7IN4O2S/c1-13-5-4(2-11-14(3-15)8(5)16)6-7(13)12-9(10)17-6/h2,15H,3H2,1H3. The van der Waals surface area contributed by atoms with Gasteiger partial charge >= 0.3 is 0 Å². The highest BCUT2D eigenvalue weighted by Crippen LogP contribution is 2.30. The first kappa shape index (κ1) is 11.1. The SMILES string of the molecule is Cn1c2nc(I)sc2c2cnn(CO)c(=O)c21. The fourth-order valence-electron chi connectivity index (χ4n) is 1.86. The molecule has 3 rings (SSSR count). The maximum absolute atomic E-state index is 12.0. The minimum Gasteiger partial charge on any atom is -0.374 e. The number of aliphatic hydroxyl groups excluding tert-OH is 1. The van der Waals surface area contributed by atoms with Crippen LogP contribution in [0, 0.1) is 3.01 Å². The van der Waals surface area contributed by atoms with Crippen molar-refractivity contribution in [2.75, 3.05) is 0 Å². The van der Waals surface area contributed by atoms with Crippen LogP contribution in [0.25, 0.3) is 21.3 Å². The third-order valence-corrected chi connectivity index (χ3v) is 4.40. The molecule has 0 atom stereocenters. The van der Waals surface area contributed by atoms with E-state index in [0.29, 0.717) is 5.52 Å². The number of rotatable bonds is 1. The predicted octanol–water partition coefficient (Wildman–Crippen LogP) is 0.899. The number of aromatic nitrogens is 4. The van der Waals surface area contributed by atoms with Gasteiger partial charge in [-0.3, -0.25) is 4.79 Å². The molecule has 0 aromatic carbocycles. The molecule has 8 heteroatoms. The van der Waals surface area contributed by atoms with E-state index in [9.17, 15) is 4.79 Å². The van der Waals surface area contributed by atoms with Crippen LogP contribution in [0.3, 0.4) is 0 Å². The summed E-state index contributed by atoms with van der Waals surface area (Å²) < 4.78 is 4.66. The van der Waals surface area contributed by atoms with Gasteiger partial charge in [0.2, 0.25) is 0 Å². The highest BCUT2D eigenvalue weighted by Gasteiger charge is 2.16. The summed E-state index contributed by atoms with van der Waals surface area (Å²) >= 11 is 3.68. The Morgan fingerprint density at radius 1 is 1.59 bits per heavy atom. The van der Waals surface area contributed by atoms with Crippen molar-refractivity contribution in [3.63, 3.8) is 0 Å². The lowest BCUT2D eigenvalue weighted by Gasteiger charge is -2.00. The molecule has 0 amide bonds. The van der Waals surface area contributed by atoms with Gasteiger partial charge in [0, 0.05) is 12.4 Å². The summed E-state index contributed by atoms with van der Waals surface area (Å²) in [6.45, 7) is -0.418. The van der Waals surface area contributed by atoms with Crippen LogP contribution < -0.4 is 5.56 Å². The van der Waals surface area contributed by atoms with Crippen molar-refractivity contribution in [3.05, 3.63) is 19.6 Å². The second-order valence-corrected chi connectivity index (χ2v) is 6.28. The van der Waals surface area contributed by atoms with Crippen LogP contribution in [0.1, 0.15) is 0 Å². The van der Waals surface area contributed by atoms with E-state index in [1.807, 2.05) is 0 Å². The van der Waals surface area contributed by atoms with Gasteiger partial charge in [0.1, 0.15) is 12.2 Å². The maximum Gasteiger partial charge on any atom is 0.293 e. The summed E-state index contributed by atoms with van der Waals surface area (Å²) in [4.78, 5) is 16.4. The number of aryl methyl sites for hydroxylation is 1. The zero-order chi connectivity index (χ0) is 12.2. The number of hydrogen-bond donors (Lipinski definition) is 1. The molecule has 17 heavy (non-hydrogen) atoms. The van der Waals surface area contributed by atoms with Crippen molar-refractivity contribution >= 4 is 55.2 Å². The third-order valence-electron chi connectivity index (χ3n) is 2.63. The lowest BCUT2D eigenvalue weighted by atomic mass is 10.4. The van der Waals surface area contributed by atoms with Gasteiger partial charge < -0.3 is 9.67 Å². The van der Waals surface area contributed by atoms with E-state index in [1.165, 1.54) is 11.3 Å². The third kappa shape index (κ3) is 1.44. The summed E-state index contributed by atoms with van der Waals surface area (Å²) in [7, 11) is 1.80. The molecule has 3 aromatic heterocycles. The van der Waals surface area contributed by atoms with Crippen LogP contribution in [0.15, 0.2) is 11.0 Å². The Labute approximate surface area is 113 Å². The fraction of sp³-hybridized carbons (Fsp3) is 0.222. The molecule has 0 aliphatic rings. The Kier molecular flexibility index (Phi) is 2.45. The molecule has 0 radical (unpaired) electrons. The second-order valence-electron chi connectivity index (χ2n) is 3.53. The first-order valence-corrected chi connectivity index (χ1v) is 6.64. The molecule has 3 heterocycles. The van der Waals surface area contributed by atoms with E-state index in [2.05, 4.69) is 32.7 Å². The molecule has 3 aromatic rings. The summed E-state index contributed by atoms with van der Waals surface area (Å²) in [5.74, 6) is 0.